The molecule has 4 nitrogen and oxygen atoms in total. The first-order chi connectivity index (χ1) is 8.22. The number of nitriles is 1. The molecule has 1 aromatic rings. The van der Waals surface area contributed by atoms with Crippen LogP contribution in [0.25, 0.3) is 0 Å². The third-order valence-corrected chi connectivity index (χ3v) is 2.56. The Morgan fingerprint density at radius 2 is 2.18 bits per heavy atom. The highest BCUT2D eigenvalue weighted by Crippen LogP contribution is 2.10. The van der Waals surface area contributed by atoms with Gasteiger partial charge in [-0.3, -0.25) is 4.79 Å². The lowest BCUT2D eigenvalue weighted by Gasteiger charge is -2.21. The molecular formula is C13H17N3O. The van der Waals surface area contributed by atoms with Gasteiger partial charge < -0.3 is 10.2 Å². The average Bonchev–Trinajstić information content (AvgIpc) is 2.36. The van der Waals surface area contributed by atoms with Crippen LogP contribution in [0.1, 0.15) is 18.1 Å². The van der Waals surface area contributed by atoms with Crippen molar-refractivity contribution in [1.82, 2.24) is 10.2 Å². The largest absolute Gasteiger partial charge is 0.337 e. The van der Waals surface area contributed by atoms with Gasteiger partial charge in [-0.1, -0.05) is 18.2 Å². The number of amides is 1. The Bertz CT molecular complexity index is 423. The Morgan fingerprint density at radius 3 is 2.76 bits per heavy atom. The molecule has 0 heterocycles. The van der Waals surface area contributed by atoms with Crippen LogP contribution in [0, 0.1) is 11.3 Å². The highest BCUT2D eigenvalue weighted by molar-refractivity contribution is 5.78. The van der Waals surface area contributed by atoms with Crippen LogP contribution in [0.4, 0.5) is 0 Å². The lowest BCUT2D eigenvalue weighted by atomic mass is 10.1. The van der Waals surface area contributed by atoms with Crippen molar-refractivity contribution < 1.29 is 4.79 Å². The normalized spacial score (nSPS) is 9.71. The van der Waals surface area contributed by atoms with Crippen LogP contribution in [0.2, 0.25) is 0 Å². The second-order valence-corrected chi connectivity index (χ2v) is 3.71. The average molecular weight is 231 g/mol. The van der Waals surface area contributed by atoms with Crippen molar-refractivity contribution in [3.63, 3.8) is 0 Å². The highest BCUT2D eigenvalue weighted by Gasteiger charge is 2.12. The van der Waals surface area contributed by atoms with Crippen molar-refractivity contribution in [3.8, 4) is 6.07 Å². The summed E-state index contributed by atoms with van der Waals surface area (Å²) >= 11 is 0. The molecule has 1 aromatic carbocycles. The van der Waals surface area contributed by atoms with Gasteiger partial charge in [-0.05, 0) is 25.6 Å². The first kappa shape index (κ1) is 13.2. The van der Waals surface area contributed by atoms with E-state index in [1.807, 2.05) is 25.1 Å². The van der Waals surface area contributed by atoms with Crippen LogP contribution < -0.4 is 5.32 Å². The van der Waals surface area contributed by atoms with E-state index in [1.165, 1.54) is 0 Å². The molecule has 0 atom stereocenters. The number of nitrogens with one attached hydrogen (secondary N) is 1. The Morgan fingerprint density at radius 1 is 1.47 bits per heavy atom. The van der Waals surface area contributed by atoms with E-state index >= 15 is 0 Å². The van der Waals surface area contributed by atoms with Gasteiger partial charge in [0, 0.05) is 13.1 Å². The van der Waals surface area contributed by atoms with E-state index < -0.39 is 0 Å². The molecule has 0 aliphatic rings. The van der Waals surface area contributed by atoms with Crippen molar-refractivity contribution in [2.24, 2.45) is 0 Å². The zero-order valence-electron chi connectivity index (χ0n) is 10.2. The minimum absolute atomic E-state index is 0.0442. The molecule has 0 bridgehead atoms. The van der Waals surface area contributed by atoms with E-state index in [-0.39, 0.29) is 5.91 Å². The molecular weight excluding hydrogens is 214 g/mol. The summed E-state index contributed by atoms with van der Waals surface area (Å²) < 4.78 is 0. The number of benzene rings is 1. The minimum Gasteiger partial charge on any atom is -0.337 e. The third kappa shape index (κ3) is 3.58. The number of hydrogen-bond donors (Lipinski definition) is 1. The van der Waals surface area contributed by atoms with Crippen LogP contribution in [0.3, 0.4) is 0 Å². The third-order valence-electron chi connectivity index (χ3n) is 2.56. The minimum atomic E-state index is 0.0442. The molecule has 0 aliphatic carbocycles. The molecule has 0 aliphatic heterocycles. The monoisotopic (exact) mass is 231 g/mol. The molecule has 0 radical (unpaired) electrons. The first-order valence-electron chi connectivity index (χ1n) is 5.63. The Hall–Kier alpha value is -1.86. The predicted molar refractivity (Wildman–Crippen MR) is 66.2 cm³/mol. The Labute approximate surface area is 102 Å². The maximum Gasteiger partial charge on any atom is 0.236 e. The lowest BCUT2D eigenvalue weighted by Crippen LogP contribution is -2.36. The number of carbonyl (C=O) groups is 1. The van der Waals surface area contributed by atoms with E-state index in [1.54, 1.807) is 18.0 Å². The van der Waals surface area contributed by atoms with Gasteiger partial charge in [0.2, 0.25) is 5.91 Å². The second-order valence-electron chi connectivity index (χ2n) is 3.71. The molecule has 90 valence electrons. The molecule has 0 saturated carbocycles. The fourth-order valence-corrected chi connectivity index (χ4v) is 1.61. The van der Waals surface area contributed by atoms with Crippen molar-refractivity contribution in [1.29, 1.82) is 5.26 Å². The Balaban J connectivity index is 2.81. The van der Waals surface area contributed by atoms with Crippen molar-refractivity contribution in [2.45, 2.75) is 13.5 Å². The van der Waals surface area contributed by atoms with E-state index in [2.05, 4.69) is 11.4 Å². The SMILES string of the molecule is CCN(Cc1ccccc1C#N)C(=O)CNC. The summed E-state index contributed by atoms with van der Waals surface area (Å²) in [7, 11) is 1.75. The number of hydrogen-bond acceptors (Lipinski definition) is 3. The molecule has 0 saturated heterocycles. The smallest absolute Gasteiger partial charge is 0.236 e. The number of nitrogens with zero attached hydrogens (tertiary/aromatic N) is 2. The van der Waals surface area contributed by atoms with E-state index in [0.29, 0.717) is 25.2 Å². The van der Waals surface area contributed by atoms with Gasteiger partial charge in [-0.2, -0.15) is 5.26 Å². The van der Waals surface area contributed by atoms with Crippen LogP contribution in [-0.4, -0.2) is 30.9 Å². The van der Waals surface area contributed by atoms with Crippen molar-refractivity contribution in [3.05, 3.63) is 35.4 Å². The summed E-state index contributed by atoms with van der Waals surface area (Å²) in [4.78, 5) is 13.5. The molecule has 1 amide bonds. The van der Waals surface area contributed by atoms with Crippen molar-refractivity contribution >= 4 is 5.91 Å². The molecule has 0 unspecified atom stereocenters. The molecule has 17 heavy (non-hydrogen) atoms. The van der Waals surface area contributed by atoms with Crippen LogP contribution in [-0.2, 0) is 11.3 Å². The summed E-state index contributed by atoms with van der Waals surface area (Å²) in [6.45, 7) is 3.38. The number of rotatable bonds is 5. The Kier molecular flexibility index (Phi) is 5.18. The zero-order chi connectivity index (χ0) is 12.7. The van der Waals surface area contributed by atoms with Crippen LogP contribution in [0.15, 0.2) is 24.3 Å². The summed E-state index contributed by atoms with van der Waals surface area (Å²) in [5, 5.41) is 11.8. The quantitative estimate of drug-likeness (QED) is 0.826. The van der Waals surface area contributed by atoms with Crippen molar-refractivity contribution in [2.75, 3.05) is 20.1 Å². The van der Waals surface area contributed by atoms with Gasteiger partial charge in [-0.25, -0.2) is 0 Å². The standard InChI is InChI=1S/C13H17N3O/c1-3-16(13(17)9-15-2)10-12-7-5-4-6-11(12)8-14/h4-7,15H,3,9-10H2,1-2H3. The van der Waals surface area contributed by atoms with E-state index in [9.17, 15) is 4.79 Å². The maximum atomic E-state index is 11.8. The summed E-state index contributed by atoms with van der Waals surface area (Å²) in [5.41, 5.74) is 1.52. The van der Waals surface area contributed by atoms with E-state index in [0.717, 1.165) is 5.56 Å². The van der Waals surface area contributed by atoms with Gasteiger partial charge in [0.15, 0.2) is 0 Å². The summed E-state index contributed by atoms with van der Waals surface area (Å²) in [6.07, 6.45) is 0. The molecule has 1 rings (SSSR count). The molecule has 4 heteroatoms. The van der Waals surface area contributed by atoms with Gasteiger partial charge in [-0.15, -0.1) is 0 Å². The fraction of sp³-hybridized carbons (Fsp3) is 0.385. The zero-order valence-corrected chi connectivity index (χ0v) is 10.2. The molecule has 1 N–H and O–H groups in total. The summed E-state index contributed by atoms with van der Waals surface area (Å²) in [6, 6.07) is 9.50. The molecule has 0 aromatic heterocycles. The summed E-state index contributed by atoms with van der Waals surface area (Å²) in [5.74, 6) is 0.0442. The second kappa shape index (κ2) is 6.66. The number of carbonyl (C=O) groups excluding carboxylic acids is 1. The van der Waals surface area contributed by atoms with Gasteiger partial charge >= 0.3 is 0 Å². The van der Waals surface area contributed by atoms with Gasteiger partial charge in [0.05, 0.1) is 18.2 Å². The first-order valence-corrected chi connectivity index (χ1v) is 5.63. The van der Waals surface area contributed by atoms with Gasteiger partial charge in [0.25, 0.3) is 0 Å². The van der Waals surface area contributed by atoms with Gasteiger partial charge in [0.1, 0.15) is 0 Å². The topological polar surface area (TPSA) is 56.1 Å². The van der Waals surface area contributed by atoms with Crippen LogP contribution >= 0.6 is 0 Å². The number of likely N-dealkylation sites (N-methyl/N-ethyl adjacent to an activating group) is 2. The maximum absolute atomic E-state index is 11.8. The lowest BCUT2D eigenvalue weighted by molar-refractivity contribution is -0.130. The van der Waals surface area contributed by atoms with Crippen LogP contribution in [0.5, 0.6) is 0 Å². The predicted octanol–water partition coefficient (Wildman–Crippen LogP) is 1.13. The highest BCUT2D eigenvalue weighted by atomic mass is 16.2. The molecule has 0 spiro atoms. The molecule has 0 fully saturated rings. The van der Waals surface area contributed by atoms with E-state index in [4.69, 9.17) is 5.26 Å². The fourth-order valence-electron chi connectivity index (χ4n) is 1.61.